The van der Waals surface area contributed by atoms with Gasteiger partial charge in [0.2, 0.25) is 0 Å². The van der Waals surface area contributed by atoms with Crippen LogP contribution in [-0.2, 0) is 10.3 Å². The third-order valence-corrected chi connectivity index (χ3v) is 2.45. The minimum absolute atomic E-state index is 0.0117. The lowest BCUT2D eigenvalue weighted by Gasteiger charge is -2.23. The molecular weight excluding hydrogens is 233 g/mol. The van der Waals surface area contributed by atoms with E-state index in [9.17, 15) is 4.39 Å². The number of ether oxygens (including phenoxy) is 1. The summed E-state index contributed by atoms with van der Waals surface area (Å²) in [6, 6.07) is 5.68. The number of nitriles is 1. The molecular formula is C11H11ClFNO2. The Hall–Kier alpha value is -1.15. The second-order valence-corrected chi connectivity index (χ2v) is 3.75. The van der Waals surface area contributed by atoms with E-state index in [1.807, 2.05) is 6.07 Å². The zero-order valence-corrected chi connectivity index (χ0v) is 9.46. The fraction of sp³-hybridized carbons (Fsp3) is 0.364. The van der Waals surface area contributed by atoms with Gasteiger partial charge >= 0.3 is 0 Å². The van der Waals surface area contributed by atoms with Gasteiger partial charge in [-0.1, -0.05) is 17.7 Å². The average molecular weight is 244 g/mol. The Bertz CT molecular complexity index is 419. The molecule has 5 heteroatoms. The molecule has 1 N–H and O–H groups in total. The van der Waals surface area contributed by atoms with E-state index in [0.29, 0.717) is 5.56 Å². The third kappa shape index (κ3) is 2.70. The molecule has 0 aliphatic carbocycles. The number of halogens is 2. The highest BCUT2D eigenvalue weighted by Gasteiger charge is 2.29. The number of hydrogen-bond acceptors (Lipinski definition) is 3. The molecule has 1 atom stereocenters. The van der Waals surface area contributed by atoms with E-state index < -0.39 is 11.4 Å². The van der Waals surface area contributed by atoms with Crippen molar-refractivity contribution in [3.63, 3.8) is 0 Å². The highest BCUT2D eigenvalue weighted by atomic mass is 35.5. The predicted octanol–water partition coefficient (Wildman–Crippen LogP) is 2.23. The molecule has 0 amide bonds. The Morgan fingerprint density at radius 1 is 1.62 bits per heavy atom. The van der Waals surface area contributed by atoms with Crippen LogP contribution >= 0.6 is 11.6 Å². The van der Waals surface area contributed by atoms with Crippen molar-refractivity contribution in [3.8, 4) is 6.07 Å². The predicted molar refractivity (Wildman–Crippen MR) is 57.4 cm³/mol. The summed E-state index contributed by atoms with van der Waals surface area (Å²) >= 11 is 5.84. The summed E-state index contributed by atoms with van der Waals surface area (Å²) < 4.78 is 18.1. The number of hydrogen-bond donors (Lipinski definition) is 1. The quantitative estimate of drug-likeness (QED) is 0.882. The highest BCUT2D eigenvalue weighted by molar-refractivity contribution is 6.31. The maximum atomic E-state index is 12.8. The van der Waals surface area contributed by atoms with Gasteiger partial charge in [-0.05, 0) is 19.1 Å². The first-order chi connectivity index (χ1) is 7.53. The number of benzene rings is 1. The Morgan fingerprint density at radius 3 is 2.81 bits per heavy atom. The Kier molecular flexibility index (Phi) is 4.25. The van der Waals surface area contributed by atoms with Crippen LogP contribution in [0.5, 0.6) is 0 Å². The maximum Gasteiger partial charge on any atom is 0.178 e. The van der Waals surface area contributed by atoms with Crippen molar-refractivity contribution in [2.75, 3.05) is 13.2 Å². The molecule has 0 fully saturated rings. The van der Waals surface area contributed by atoms with Gasteiger partial charge in [0.25, 0.3) is 0 Å². The molecule has 0 bridgehead atoms. The Balaban J connectivity index is 3.08. The van der Waals surface area contributed by atoms with E-state index in [1.54, 1.807) is 0 Å². The van der Waals surface area contributed by atoms with Crippen LogP contribution in [0.4, 0.5) is 4.39 Å². The molecule has 1 rings (SSSR count). The smallest absolute Gasteiger partial charge is 0.178 e. The van der Waals surface area contributed by atoms with E-state index >= 15 is 0 Å². The van der Waals surface area contributed by atoms with Crippen LogP contribution in [-0.4, -0.2) is 18.3 Å². The van der Waals surface area contributed by atoms with E-state index in [-0.39, 0.29) is 18.2 Å². The Labute approximate surface area is 98.0 Å². The van der Waals surface area contributed by atoms with Gasteiger partial charge in [0.1, 0.15) is 11.9 Å². The van der Waals surface area contributed by atoms with E-state index in [4.69, 9.17) is 26.7 Å². The molecule has 0 spiro atoms. The molecule has 1 unspecified atom stereocenters. The second-order valence-electron chi connectivity index (χ2n) is 3.34. The highest BCUT2D eigenvalue weighted by Crippen LogP contribution is 2.31. The van der Waals surface area contributed by atoms with Crippen molar-refractivity contribution < 1.29 is 14.2 Å². The zero-order valence-electron chi connectivity index (χ0n) is 8.70. The maximum absolute atomic E-state index is 12.8. The lowest BCUT2D eigenvalue weighted by molar-refractivity contribution is -0.0106. The first-order valence-electron chi connectivity index (χ1n) is 4.65. The molecule has 16 heavy (non-hydrogen) atoms. The van der Waals surface area contributed by atoms with Crippen LogP contribution < -0.4 is 0 Å². The van der Waals surface area contributed by atoms with Crippen LogP contribution in [0.1, 0.15) is 12.5 Å². The minimum Gasteiger partial charge on any atom is -0.394 e. The first-order valence-corrected chi connectivity index (χ1v) is 5.03. The molecule has 0 saturated heterocycles. The first kappa shape index (κ1) is 12.9. The van der Waals surface area contributed by atoms with Gasteiger partial charge in [-0.25, -0.2) is 4.39 Å². The molecule has 1 aromatic rings. The molecule has 0 heterocycles. The number of rotatable bonds is 4. The zero-order chi connectivity index (χ0) is 12.2. The van der Waals surface area contributed by atoms with Crippen LogP contribution in [0.2, 0.25) is 5.02 Å². The normalized spacial score (nSPS) is 14.2. The molecule has 0 aromatic heterocycles. The fourth-order valence-electron chi connectivity index (χ4n) is 1.30. The summed E-state index contributed by atoms with van der Waals surface area (Å²) in [4.78, 5) is 0. The topological polar surface area (TPSA) is 53.2 Å². The van der Waals surface area contributed by atoms with Crippen molar-refractivity contribution in [2.24, 2.45) is 0 Å². The SMILES string of the molecule is CC(C#N)(OCCO)c1ccc(F)cc1Cl. The third-order valence-electron chi connectivity index (χ3n) is 2.14. The summed E-state index contributed by atoms with van der Waals surface area (Å²) in [5.41, 5.74) is -0.903. The number of aliphatic hydroxyl groups excluding tert-OH is 1. The van der Waals surface area contributed by atoms with Gasteiger partial charge in [-0.3, -0.25) is 0 Å². The standard InChI is InChI=1S/C11H11ClFNO2/c1-11(7-14,16-5-4-15)9-3-2-8(13)6-10(9)12/h2-3,6,15H,4-5H2,1H3. The van der Waals surface area contributed by atoms with Crippen LogP contribution in [0.15, 0.2) is 18.2 Å². The summed E-state index contributed by atoms with van der Waals surface area (Å²) in [5, 5.41) is 17.8. The molecule has 0 aliphatic heterocycles. The molecule has 1 aromatic carbocycles. The van der Waals surface area contributed by atoms with Gasteiger partial charge in [0, 0.05) is 5.56 Å². The summed E-state index contributed by atoms with van der Waals surface area (Å²) in [5.74, 6) is -0.476. The van der Waals surface area contributed by atoms with Crippen LogP contribution in [0.25, 0.3) is 0 Å². The lowest BCUT2D eigenvalue weighted by Crippen LogP contribution is -2.26. The lowest BCUT2D eigenvalue weighted by atomic mass is 9.97. The Morgan fingerprint density at radius 2 is 2.31 bits per heavy atom. The summed E-state index contributed by atoms with van der Waals surface area (Å²) in [6.07, 6.45) is 0. The van der Waals surface area contributed by atoms with Gasteiger partial charge in [0.05, 0.1) is 18.2 Å². The van der Waals surface area contributed by atoms with Crippen molar-refractivity contribution in [1.29, 1.82) is 5.26 Å². The van der Waals surface area contributed by atoms with Crippen LogP contribution in [0.3, 0.4) is 0 Å². The van der Waals surface area contributed by atoms with Crippen molar-refractivity contribution >= 4 is 11.6 Å². The molecule has 0 radical (unpaired) electrons. The van der Waals surface area contributed by atoms with Gasteiger partial charge < -0.3 is 9.84 Å². The largest absolute Gasteiger partial charge is 0.394 e. The summed E-state index contributed by atoms with van der Waals surface area (Å²) in [7, 11) is 0. The van der Waals surface area contributed by atoms with Crippen LogP contribution in [0, 0.1) is 17.1 Å². The second kappa shape index (κ2) is 5.26. The molecule has 0 aliphatic rings. The minimum atomic E-state index is -1.28. The monoisotopic (exact) mass is 243 g/mol. The van der Waals surface area contributed by atoms with Crippen molar-refractivity contribution in [1.82, 2.24) is 0 Å². The number of nitrogens with zero attached hydrogens (tertiary/aromatic N) is 1. The van der Waals surface area contributed by atoms with Crippen molar-refractivity contribution in [3.05, 3.63) is 34.6 Å². The average Bonchev–Trinajstić information content (AvgIpc) is 2.26. The van der Waals surface area contributed by atoms with Gasteiger partial charge in [-0.2, -0.15) is 5.26 Å². The summed E-state index contributed by atoms with van der Waals surface area (Å²) in [6.45, 7) is 1.33. The van der Waals surface area contributed by atoms with Crippen molar-refractivity contribution in [2.45, 2.75) is 12.5 Å². The van der Waals surface area contributed by atoms with Gasteiger partial charge in [-0.15, -0.1) is 0 Å². The molecule has 86 valence electrons. The fourth-order valence-corrected chi connectivity index (χ4v) is 1.64. The number of aliphatic hydroxyl groups is 1. The van der Waals surface area contributed by atoms with E-state index in [2.05, 4.69) is 0 Å². The molecule has 0 saturated carbocycles. The van der Waals surface area contributed by atoms with E-state index in [1.165, 1.54) is 19.1 Å². The van der Waals surface area contributed by atoms with E-state index in [0.717, 1.165) is 6.07 Å². The van der Waals surface area contributed by atoms with Gasteiger partial charge in [0.15, 0.2) is 5.60 Å². The molecule has 3 nitrogen and oxygen atoms in total.